The Morgan fingerprint density at radius 1 is 1.25 bits per heavy atom. The molecule has 0 amide bonds. The van der Waals surface area contributed by atoms with Crippen LogP contribution in [0.5, 0.6) is 0 Å². The molecule has 0 radical (unpaired) electrons. The van der Waals surface area contributed by atoms with Crippen LogP contribution in [-0.4, -0.2) is 24.2 Å². The number of benzene rings is 1. The molecule has 4 nitrogen and oxygen atoms in total. The quantitative estimate of drug-likeness (QED) is 0.599. The van der Waals surface area contributed by atoms with Crippen LogP contribution < -0.4 is 11.1 Å². The highest BCUT2D eigenvalue weighted by Gasteiger charge is 2.01. The van der Waals surface area contributed by atoms with E-state index in [1.165, 1.54) is 0 Å². The summed E-state index contributed by atoms with van der Waals surface area (Å²) in [6.07, 6.45) is 4.29. The number of hydrogen-bond acceptors (Lipinski definition) is 4. The molecule has 1 aromatic carbocycles. The average Bonchev–Trinajstić information content (AvgIpc) is 2.42. The van der Waals surface area contributed by atoms with E-state index >= 15 is 0 Å². The van der Waals surface area contributed by atoms with Crippen molar-refractivity contribution < 1.29 is 4.74 Å². The van der Waals surface area contributed by atoms with Gasteiger partial charge in [-0.2, -0.15) is 0 Å². The smallest absolute Gasteiger partial charge is 0.0743 e. The van der Waals surface area contributed by atoms with Gasteiger partial charge in [0.05, 0.1) is 11.6 Å². The Bertz CT molecular complexity index is 554. The predicted molar refractivity (Wildman–Crippen MR) is 85.0 cm³/mol. The summed E-state index contributed by atoms with van der Waals surface area (Å²) in [5.74, 6) is 0. The number of nitrogens with two attached hydrogens (primary N) is 1. The molecule has 0 aliphatic carbocycles. The zero-order valence-corrected chi connectivity index (χ0v) is 12.2. The van der Waals surface area contributed by atoms with E-state index in [4.69, 9.17) is 10.5 Å². The van der Waals surface area contributed by atoms with Gasteiger partial charge in [-0.15, -0.1) is 0 Å². The highest BCUT2D eigenvalue weighted by atomic mass is 16.5. The fourth-order valence-corrected chi connectivity index (χ4v) is 2.09. The summed E-state index contributed by atoms with van der Waals surface area (Å²) in [6, 6.07) is 7.83. The van der Waals surface area contributed by atoms with Gasteiger partial charge in [-0.3, -0.25) is 4.98 Å². The van der Waals surface area contributed by atoms with E-state index in [9.17, 15) is 0 Å². The number of unbranched alkanes of at least 4 members (excludes halogenated alkanes) is 1. The average molecular weight is 273 g/mol. The lowest BCUT2D eigenvalue weighted by molar-refractivity contribution is 0.0765. The highest BCUT2D eigenvalue weighted by Crippen LogP contribution is 2.23. The van der Waals surface area contributed by atoms with Crippen molar-refractivity contribution in [3.8, 4) is 0 Å². The van der Waals surface area contributed by atoms with Crippen LogP contribution in [-0.2, 0) is 4.74 Å². The predicted octanol–water partition coefficient (Wildman–Crippen LogP) is 3.43. The molecule has 0 fully saturated rings. The van der Waals surface area contributed by atoms with Crippen LogP contribution in [0.15, 0.2) is 30.5 Å². The van der Waals surface area contributed by atoms with Crippen LogP contribution in [0, 0.1) is 0 Å². The third-order valence-electron chi connectivity index (χ3n) is 3.10. The summed E-state index contributed by atoms with van der Waals surface area (Å²) in [4.78, 5) is 4.34. The molecule has 0 spiro atoms. The first kappa shape index (κ1) is 14.6. The number of aromatic nitrogens is 1. The number of fused-ring (bicyclic) bond motifs is 1. The second kappa shape index (κ2) is 7.10. The first-order chi connectivity index (χ1) is 9.66. The van der Waals surface area contributed by atoms with Gasteiger partial charge in [-0.25, -0.2) is 0 Å². The minimum atomic E-state index is 0.317. The van der Waals surface area contributed by atoms with E-state index < -0.39 is 0 Å². The minimum absolute atomic E-state index is 0.317. The third-order valence-corrected chi connectivity index (χ3v) is 3.10. The Morgan fingerprint density at radius 3 is 2.90 bits per heavy atom. The van der Waals surface area contributed by atoms with Crippen LogP contribution in [0.4, 0.5) is 11.4 Å². The van der Waals surface area contributed by atoms with E-state index in [0.29, 0.717) is 6.10 Å². The summed E-state index contributed by atoms with van der Waals surface area (Å²) >= 11 is 0. The molecule has 0 saturated heterocycles. The van der Waals surface area contributed by atoms with Crippen molar-refractivity contribution in [2.75, 3.05) is 24.2 Å². The number of ether oxygens (including phenoxy) is 1. The van der Waals surface area contributed by atoms with Crippen molar-refractivity contribution >= 4 is 22.3 Å². The van der Waals surface area contributed by atoms with Gasteiger partial charge in [0.1, 0.15) is 0 Å². The molecule has 0 bridgehead atoms. The van der Waals surface area contributed by atoms with E-state index in [2.05, 4.69) is 24.1 Å². The highest BCUT2D eigenvalue weighted by molar-refractivity contribution is 5.92. The Morgan fingerprint density at radius 2 is 2.10 bits per heavy atom. The Hall–Kier alpha value is -1.81. The summed E-state index contributed by atoms with van der Waals surface area (Å²) in [6.45, 7) is 5.89. The van der Waals surface area contributed by atoms with Gasteiger partial charge in [0.2, 0.25) is 0 Å². The summed E-state index contributed by atoms with van der Waals surface area (Å²) < 4.78 is 5.53. The van der Waals surface area contributed by atoms with Gasteiger partial charge < -0.3 is 15.8 Å². The van der Waals surface area contributed by atoms with Crippen molar-refractivity contribution in [2.45, 2.75) is 32.8 Å². The molecule has 0 aliphatic heterocycles. The van der Waals surface area contributed by atoms with Gasteiger partial charge in [0.25, 0.3) is 0 Å². The van der Waals surface area contributed by atoms with Gasteiger partial charge in [-0.05, 0) is 51.0 Å². The maximum atomic E-state index is 5.78. The van der Waals surface area contributed by atoms with Crippen LogP contribution >= 0.6 is 0 Å². The van der Waals surface area contributed by atoms with Crippen LogP contribution in [0.3, 0.4) is 0 Å². The second-order valence-electron chi connectivity index (χ2n) is 5.19. The van der Waals surface area contributed by atoms with Crippen molar-refractivity contribution in [1.82, 2.24) is 4.98 Å². The van der Waals surface area contributed by atoms with E-state index in [1.807, 2.05) is 30.5 Å². The monoisotopic (exact) mass is 273 g/mol. The molecule has 2 rings (SSSR count). The number of pyridine rings is 1. The topological polar surface area (TPSA) is 60.2 Å². The normalized spacial score (nSPS) is 11.2. The lowest BCUT2D eigenvalue weighted by Crippen LogP contribution is -2.07. The molecule has 4 heteroatoms. The molecule has 2 aromatic rings. The van der Waals surface area contributed by atoms with Gasteiger partial charge >= 0.3 is 0 Å². The molecule has 1 heterocycles. The number of anilines is 2. The first-order valence-electron chi connectivity index (χ1n) is 7.16. The number of rotatable bonds is 7. The molecule has 0 atom stereocenters. The number of nitrogen functional groups attached to an aromatic ring is 1. The molecule has 3 N–H and O–H groups in total. The van der Waals surface area contributed by atoms with Crippen molar-refractivity contribution in [3.05, 3.63) is 30.5 Å². The fourth-order valence-electron chi connectivity index (χ4n) is 2.09. The van der Waals surface area contributed by atoms with Gasteiger partial charge in [-0.1, -0.05) is 0 Å². The second-order valence-corrected chi connectivity index (χ2v) is 5.19. The van der Waals surface area contributed by atoms with Gasteiger partial charge in [0.15, 0.2) is 0 Å². The molecular formula is C16H23N3O. The Balaban J connectivity index is 1.87. The summed E-state index contributed by atoms with van der Waals surface area (Å²) in [5, 5.41) is 4.57. The largest absolute Gasteiger partial charge is 0.399 e. The SMILES string of the molecule is CC(C)OCCCCNc1ccnc2cc(N)ccc12. The zero-order valence-electron chi connectivity index (χ0n) is 12.2. The molecule has 0 saturated carbocycles. The first-order valence-corrected chi connectivity index (χ1v) is 7.16. The standard InChI is InChI=1S/C16H23N3O/c1-12(2)20-10-4-3-8-18-15-7-9-19-16-11-13(17)5-6-14(15)16/h5-7,9,11-12H,3-4,8,10,17H2,1-2H3,(H,18,19). The third kappa shape index (κ3) is 4.10. The summed E-state index contributed by atoms with van der Waals surface area (Å²) in [5.41, 5.74) is 8.56. The molecule has 0 unspecified atom stereocenters. The Kier molecular flexibility index (Phi) is 5.18. The van der Waals surface area contributed by atoms with E-state index in [-0.39, 0.29) is 0 Å². The van der Waals surface area contributed by atoms with Crippen LogP contribution in [0.2, 0.25) is 0 Å². The molecule has 0 aliphatic rings. The molecule has 108 valence electrons. The lowest BCUT2D eigenvalue weighted by Gasteiger charge is -2.10. The van der Waals surface area contributed by atoms with Crippen LogP contribution in [0.25, 0.3) is 10.9 Å². The van der Waals surface area contributed by atoms with Crippen LogP contribution in [0.1, 0.15) is 26.7 Å². The molecule has 1 aromatic heterocycles. The maximum Gasteiger partial charge on any atom is 0.0743 e. The molecular weight excluding hydrogens is 250 g/mol. The van der Waals surface area contributed by atoms with Crippen molar-refractivity contribution in [2.24, 2.45) is 0 Å². The molecule has 20 heavy (non-hydrogen) atoms. The fraction of sp³-hybridized carbons (Fsp3) is 0.438. The van der Waals surface area contributed by atoms with E-state index in [0.717, 1.165) is 48.3 Å². The Labute approximate surface area is 120 Å². The van der Waals surface area contributed by atoms with Crippen molar-refractivity contribution in [1.29, 1.82) is 0 Å². The van der Waals surface area contributed by atoms with E-state index in [1.54, 1.807) is 0 Å². The summed E-state index contributed by atoms with van der Waals surface area (Å²) in [7, 11) is 0. The lowest BCUT2D eigenvalue weighted by atomic mass is 10.1. The number of nitrogens with one attached hydrogen (secondary N) is 1. The van der Waals surface area contributed by atoms with Crippen molar-refractivity contribution in [3.63, 3.8) is 0 Å². The minimum Gasteiger partial charge on any atom is -0.399 e. The maximum absolute atomic E-state index is 5.78. The number of hydrogen-bond donors (Lipinski definition) is 2. The zero-order chi connectivity index (χ0) is 14.4. The van der Waals surface area contributed by atoms with Gasteiger partial charge in [0, 0.05) is 36.1 Å². The number of nitrogens with zero attached hydrogens (tertiary/aromatic N) is 1.